The first-order valence-electron chi connectivity index (χ1n) is 6.77. The number of nitrogens with one attached hydrogen (secondary N) is 1. The van der Waals surface area contributed by atoms with Crippen LogP contribution >= 0.6 is 0 Å². The molecule has 2 aromatic rings. The van der Waals surface area contributed by atoms with Crippen molar-refractivity contribution in [1.82, 2.24) is 15.1 Å². The molecule has 4 nitrogen and oxygen atoms in total. The van der Waals surface area contributed by atoms with Crippen LogP contribution in [0.4, 0.5) is 8.78 Å². The van der Waals surface area contributed by atoms with Crippen molar-refractivity contribution in [3.05, 3.63) is 62.6 Å². The van der Waals surface area contributed by atoms with Crippen LogP contribution in [0.3, 0.4) is 0 Å². The van der Waals surface area contributed by atoms with Gasteiger partial charge in [-0.25, -0.2) is 13.9 Å². The molecule has 2 heterocycles. The quantitative estimate of drug-likeness (QED) is 0.919. The van der Waals surface area contributed by atoms with E-state index in [2.05, 4.69) is 10.2 Å². The zero-order valence-corrected chi connectivity index (χ0v) is 11.6. The molecule has 0 saturated carbocycles. The molecule has 0 radical (unpaired) electrons. The molecule has 6 heteroatoms. The number of halogens is 2. The predicted molar refractivity (Wildman–Crippen MR) is 73.8 cm³/mol. The molecule has 1 aromatic heterocycles. The molecule has 1 N–H and O–H groups in total. The van der Waals surface area contributed by atoms with Gasteiger partial charge >= 0.3 is 0 Å². The van der Waals surface area contributed by atoms with Gasteiger partial charge in [-0.3, -0.25) is 9.69 Å². The van der Waals surface area contributed by atoms with Gasteiger partial charge in [0.1, 0.15) is 11.6 Å². The van der Waals surface area contributed by atoms with Crippen molar-refractivity contribution in [2.75, 3.05) is 6.54 Å². The fourth-order valence-corrected chi connectivity index (χ4v) is 2.79. The van der Waals surface area contributed by atoms with E-state index in [-0.39, 0.29) is 5.56 Å². The van der Waals surface area contributed by atoms with Gasteiger partial charge in [0.25, 0.3) is 5.56 Å². The highest BCUT2D eigenvalue weighted by molar-refractivity contribution is 5.29. The van der Waals surface area contributed by atoms with Crippen LogP contribution in [-0.4, -0.2) is 21.6 Å². The van der Waals surface area contributed by atoms with Crippen LogP contribution in [0.2, 0.25) is 0 Å². The maximum absolute atomic E-state index is 13.2. The molecule has 110 valence electrons. The van der Waals surface area contributed by atoms with Crippen molar-refractivity contribution in [3.8, 4) is 0 Å². The van der Waals surface area contributed by atoms with Gasteiger partial charge in [-0.05, 0) is 36.6 Å². The number of aromatic amines is 1. The average Bonchev–Trinajstić information content (AvgIpc) is 2.42. The van der Waals surface area contributed by atoms with Crippen LogP contribution in [0, 0.1) is 18.6 Å². The van der Waals surface area contributed by atoms with Crippen LogP contribution in [-0.2, 0) is 19.5 Å². The highest BCUT2D eigenvalue weighted by Gasteiger charge is 2.21. The Balaban J connectivity index is 1.83. The van der Waals surface area contributed by atoms with Crippen LogP contribution in [0.15, 0.2) is 23.0 Å². The molecule has 3 rings (SSSR count). The second-order valence-corrected chi connectivity index (χ2v) is 5.33. The van der Waals surface area contributed by atoms with Crippen molar-refractivity contribution in [1.29, 1.82) is 0 Å². The Morgan fingerprint density at radius 2 is 1.95 bits per heavy atom. The van der Waals surface area contributed by atoms with E-state index in [9.17, 15) is 13.6 Å². The average molecular weight is 291 g/mol. The fourth-order valence-electron chi connectivity index (χ4n) is 2.79. The maximum atomic E-state index is 13.2. The summed E-state index contributed by atoms with van der Waals surface area (Å²) < 4.78 is 26.4. The SMILES string of the molecule is Cc1n[nH]c(=O)c2c1CCN(Cc1cc(F)cc(F)c1)C2. The summed E-state index contributed by atoms with van der Waals surface area (Å²) in [5, 5.41) is 6.45. The Morgan fingerprint density at radius 1 is 1.24 bits per heavy atom. The van der Waals surface area contributed by atoms with Crippen molar-refractivity contribution in [3.63, 3.8) is 0 Å². The van der Waals surface area contributed by atoms with Crippen molar-refractivity contribution >= 4 is 0 Å². The van der Waals surface area contributed by atoms with Gasteiger partial charge in [0, 0.05) is 31.3 Å². The lowest BCUT2D eigenvalue weighted by atomic mass is 10.00. The molecule has 1 aliphatic heterocycles. The normalized spacial score (nSPS) is 15.0. The van der Waals surface area contributed by atoms with Crippen LogP contribution in [0.1, 0.15) is 22.4 Å². The van der Waals surface area contributed by atoms with E-state index in [0.29, 0.717) is 24.2 Å². The van der Waals surface area contributed by atoms with Crippen LogP contribution < -0.4 is 5.56 Å². The molecule has 0 spiro atoms. The van der Waals surface area contributed by atoms with E-state index in [4.69, 9.17) is 0 Å². The highest BCUT2D eigenvalue weighted by atomic mass is 19.1. The standard InChI is InChI=1S/C15H15F2N3O/c1-9-13-2-3-20(8-14(13)15(21)19-18-9)7-10-4-11(16)6-12(17)5-10/h4-6H,2-3,7-8H2,1H3,(H,19,21). The van der Waals surface area contributed by atoms with E-state index < -0.39 is 11.6 Å². The lowest BCUT2D eigenvalue weighted by Gasteiger charge is -2.28. The molecule has 0 fully saturated rings. The molecule has 0 aliphatic carbocycles. The van der Waals surface area contributed by atoms with E-state index in [1.807, 2.05) is 11.8 Å². The lowest BCUT2D eigenvalue weighted by Crippen LogP contribution is -2.35. The Hall–Kier alpha value is -2.08. The molecule has 1 aliphatic rings. The third-order valence-electron chi connectivity index (χ3n) is 3.79. The minimum absolute atomic E-state index is 0.189. The Kier molecular flexibility index (Phi) is 3.55. The molecule has 0 saturated heterocycles. The minimum atomic E-state index is -0.583. The second-order valence-electron chi connectivity index (χ2n) is 5.33. The molecular formula is C15H15F2N3O. The largest absolute Gasteiger partial charge is 0.294 e. The van der Waals surface area contributed by atoms with Crippen LogP contribution in [0.5, 0.6) is 0 Å². The summed E-state index contributed by atoms with van der Waals surface area (Å²) in [5.41, 5.74) is 2.90. The Bertz CT molecular complexity index is 722. The van der Waals surface area contributed by atoms with E-state index in [1.54, 1.807) is 0 Å². The van der Waals surface area contributed by atoms with Gasteiger partial charge in [-0.1, -0.05) is 0 Å². The number of aryl methyl sites for hydroxylation is 1. The Labute approximate surface area is 120 Å². The van der Waals surface area contributed by atoms with Gasteiger partial charge in [0.2, 0.25) is 0 Å². The second kappa shape index (κ2) is 5.37. The topological polar surface area (TPSA) is 49.0 Å². The first-order chi connectivity index (χ1) is 10.0. The molecule has 1 aromatic carbocycles. The molecule has 0 atom stereocenters. The Morgan fingerprint density at radius 3 is 2.67 bits per heavy atom. The number of nitrogens with zero attached hydrogens (tertiary/aromatic N) is 2. The molecular weight excluding hydrogens is 276 g/mol. The molecule has 21 heavy (non-hydrogen) atoms. The van der Waals surface area contributed by atoms with E-state index in [1.165, 1.54) is 12.1 Å². The number of rotatable bonds is 2. The lowest BCUT2D eigenvalue weighted by molar-refractivity contribution is 0.242. The number of aromatic nitrogens is 2. The molecule has 0 amide bonds. The van der Waals surface area contributed by atoms with Gasteiger partial charge in [0.05, 0.1) is 5.69 Å². The van der Waals surface area contributed by atoms with Gasteiger partial charge in [0.15, 0.2) is 0 Å². The van der Waals surface area contributed by atoms with Gasteiger partial charge in [-0.15, -0.1) is 0 Å². The summed E-state index contributed by atoms with van der Waals surface area (Å²) in [6.07, 6.45) is 0.718. The van der Waals surface area contributed by atoms with Crippen molar-refractivity contribution < 1.29 is 8.78 Å². The molecule has 0 unspecified atom stereocenters. The summed E-state index contributed by atoms with van der Waals surface area (Å²) in [4.78, 5) is 13.9. The third-order valence-corrected chi connectivity index (χ3v) is 3.79. The predicted octanol–water partition coefficient (Wildman–Crippen LogP) is 1.91. The maximum Gasteiger partial charge on any atom is 0.268 e. The number of benzene rings is 1. The zero-order valence-electron chi connectivity index (χ0n) is 11.6. The summed E-state index contributed by atoms with van der Waals surface area (Å²) in [6.45, 7) is 3.48. The first-order valence-corrected chi connectivity index (χ1v) is 6.77. The highest BCUT2D eigenvalue weighted by Crippen LogP contribution is 2.20. The first kappa shape index (κ1) is 13.9. The van der Waals surface area contributed by atoms with Gasteiger partial charge in [-0.2, -0.15) is 5.10 Å². The minimum Gasteiger partial charge on any atom is -0.294 e. The zero-order chi connectivity index (χ0) is 15.0. The number of fused-ring (bicyclic) bond motifs is 1. The fraction of sp³-hybridized carbons (Fsp3) is 0.333. The van der Waals surface area contributed by atoms with Crippen molar-refractivity contribution in [2.24, 2.45) is 0 Å². The third kappa shape index (κ3) is 2.85. The number of hydrogen-bond acceptors (Lipinski definition) is 3. The van der Waals surface area contributed by atoms with Crippen molar-refractivity contribution in [2.45, 2.75) is 26.4 Å². The monoisotopic (exact) mass is 291 g/mol. The van der Waals surface area contributed by atoms with E-state index >= 15 is 0 Å². The van der Waals surface area contributed by atoms with Crippen LogP contribution in [0.25, 0.3) is 0 Å². The summed E-state index contributed by atoms with van der Waals surface area (Å²) in [7, 11) is 0. The smallest absolute Gasteiger partial charge is 0.268 e. The van der Waals surface area contributed by atoms with E-state index in [0.717, 1.165) is 30.3 Å². The molecule has 0 bridgehead atoms. The summed E-state index contributed by atoms with van der Waals surface area (Å²) in [5.74, 6) is -1.17. The number of H-pyrrole nitrogens is 1. The van der Waals surface area contributed by atoms with Gasteiger partial charge < -0.3 is 0 Å². The summed E-state index contributed by atoms with van der Waals surface area (Å²) in [6, 6.07) is 3.50. The number of hydrogen-bond donors (Lipinski definition) is 1. The summed E-state index contributed by atoms with van der Waals surface area (Å²) >= 11 is 0.